The third-order valence-corrected chi connectivity index (χ3v) is 2.01. The van der Waals surface area contributed by atoms with Gasteiger partial charge in [0.15, 0.2) is 5.76 Å². The van der Waals surface area contributed by atoms with Crippen LogP contribution in [-0.2, 0) is 4.74 Å². The molecule has 0 atom stereocenters. The van der Waals surface area contributed by atoms with Crippen molar-refractivity contribution in [3.63, 3.8) is 0 Å². The first-order chi connectivity index (χ1) is 7.72. The number of ether oxygens (including phenoxy) is 1. The average Bonchev–Trinajstić information content (AvgIpc) is 2.78. The fourth-order valence-electron chi connectivity index (χ4n) is 1.24. The Morgan fingerprint density at radius 1 is 1.44 bits per heavy atom. The molecule has 0 N–H and O–H groups in total. The molecule has 16 heavy (non-hydrogen) atoms. The zero-order valence-electron chi connectivity index (χ0n) is 8.44. The van der Waals surface area contributed by atoms with Crippen LogP contribution in [0.15, 0.2) is 34.9 Å². The Kier molecular flexibility index (Phi) is 2.68. The van der Waals surface area contributed by atoms with Crippen LogP contribution in [0, 0.1) is 5.82 Å². The van der Waals surface area contributed by atoms with Gasteiger partial charge in [-0.05, 0) is 12.1 Å². The lowest BCUT2D eigenvalue weighted by molar-refractivity contribution is 0.0557. The summed E-state index contributed by atoms with van der Waals surface area (Å²) in [6.07, 6.45) is 1.28. The number of oxazole rings is 1. The van der Waals surface area contributed by atoms with E-state index in [9.17, 15) is 9.18 Å². The van der Waals surface area contributed by atoms with Crippen molar-refractivity contribution in [1.82, 2.24) is 4.98 Å². The summed E-state index contributed by atoms with van der Waals surface area (Å²) in [5, 5.41) is 0. The molecule has 0 amide bonds. The molecule has 4 nitrogen and oxygen atoms in total. The van der Waals surface area contributed by atoms with E-state index >= 15 is 0 Å². The summed E-state index contributed by atoms with van der Waals surface area (Å²) < 4.78 is 22.9. The lowest BCUT2D eigenvalue weighted by Gasteiger charge is -1.97. The third-order valence-electron chi connectivity index (χ3n) is 2.01. The van der Waals surface area contributed by atoms with Gasteiger partial charge in [-0.2, -0.15) is 0 Å². The van der Waals surface area contributed by atoms with Gasteiger partial charge in [-0.25, -0.2) is 14.2 Å². The maximum atomic E-state index is 13.4. The quantitative estimate of drug-likeness (QED) is 0.730. The van der Waals surface area contributed by atoms with Crippen molar-refractivity contribution in [2.45, 2.75) is 0 Å². The second-order valence-electron chi connectivity index (χ2n) is 3.00. The summed E-state index contributed by atoms with van der Waals surface area (Å²) in [6, 6.07) is 6.07. The number of esters is 1. The molecule has 0 saturated carbocycles. The molecule has 2 aromatic rings. The molecule has 0 saturated heterocycles. The molecule has 2 rings (SSSR count). The van der Waals surface area contributed by atoms with Gasteiger partial charge >= 0.3 is 11.9 Å². The van der Waals surface area contributed by atoms with Gasteiger partial charge in [0.05, 0.1) is 18.9 Å². The molecule has 82 valence electrons. The van der Waals surface area contributed by atoms with E-state index in [1.165, 1.54) is 25.4 Å². The van der Waals surface area contributed by atoms with E-state index in [1.54, 1.807) is 12.1 Å². The Labute approximate surface area is 90.7 Å². The number of benzene rings is 1. The zero-order chi connectivity index (χ0) is 11.5. The van der Waals surface area contributed by atoms with E-state index in [-0.39, 0.29) is 17.2 Å². The minimum absolute atomic E-state index is 0.193. The number of nitrogens with zero attached hydrogens (tertiary/aromatic N) is 1. The number of hydrogen-bond acceptors (Lipinski definition) is 4. The second-order valence-corrected chi connectivity index (χ2v) is 3.00. The molecule has 0 radical (unpaired) electrons. The first kappa shape index (κ1) is 10.4. The summed E-state index contributed by atoms with van der Waals surface area (Å²) in [5.41, 5.74) is 0.255. The number of aromatic nitrogens is 1. The van der Waals surface area contributed by atoms with E-state index in [2.05, 4.69) is 9.72 Å². The first-order valence-electron chi connectivity index (χ1n) is 4.51. The normalized spacial score (nSPS) is 10.1. The molecule has 0 bridgehead atoms. The number of halogens is 1. The minimum Gasteiger partial charge on any atom is -0.462 e. The molecule has 1 heterocycles. The number of rotatable bonds is 2. The van der Waals surface area contributed by atoms with Crippen LogP contribution in [0.25, 0.3) is 11.3 Å². The fraction of sp³-hybridized carbons (Fsp3) is 0.0909. The van der Waals surface area contributed by atoms with Crippen LogP contribution >= 0.6 is 0 Å². The van der Waals surface area contributed by atoms with Crippen molar-refractivity contribution in [2.24, 2.45) is 0 Å². The van der Waals surface area contributed by atoms with Crippen LogP contribution in [0.4, 0.5) is 4.39 Å². The standard InChI is InChI=1S/C11H8FNO3/c1-15-11(14)10-13-6-9(16-10)7-4-2-3-5-8(7)12/h2-6H,1H3. The number of methoxy groups -OCH3 is 1. The van der Waals surface area contributed by atoms with Crippen LogP contribution in [0.5, 0.6) is 0 Å². The molecular weight excluding hydrogens is 213 g/mol. The SMILES string of the molecule is COC(=O)c1ncc(-c2ccccc2F)o1. The van der Waals surface area contributed by atoms with Gasteiger partial charge in [-0.1, -0.05) is 12.1 Å². The predicted octanol–water partition coefficient (Wildman–Crippen LogP) is 2.27. The Morgan fingerprint density at radius 2 is 2.19 bits per heavy atom. The Balaban J connectivity index is 2.39. The number of carbonyl (C=O) groups excluding carboxylic acids is 1. The van der Waals surface area contributed by atoms with Gasteiger partial charge in [0.2, 0.25) is 0 Å². The van der Waals surface area contributed by atoms with E-state index < -0.39 is 11.8 Å². The van der Waals surface area contributed by atoms with Gasteiger partial charge in [0, 0.05) is 0 Å². The molecule has 0 aliphatic carbocycles. The summed E-state index contributed by atoms with van der Waals surface area (Å²) in [7, 11) is 1.22. The van der Waals surface area contributed by atoms with Crippen LogP contribution < -0.4 is 0 Å². The smallest absolute Gasteiger partial charge is 0.394 e. The first-order valence-corrected chi connectivity index (χ1v) is 4.51. The van der Waals surface area contributed by atoms with Gasteiger partial charge in [0.25, 0.3) is 0 Å². The topological polar surface area (TPSA) is 52.3 Å². The zero-order valence-corrected chi connectivity index (χ0v) is 8.44. The highest BCUT2D eigenvalue weighted by molar-refractivity contribution is 5.84. The van der Waals surface area contributed by atoms with E-state index in [0.717, 1.165) is 0 Å². The molecule has 0 fully saturated rings. The van der Waals surface area contributed by atoms with Crippen molar-refractivity contribution in [3.05, 3.63) is 42.2 Å². The molecule has 0 spiro atoms. The van der Waals surface area contributed by atoms with Crippen LogP contribution in [0.3, 0.4) is 0 Å². The molecule has 0 aliphatic rings. The molecule has 1 aromatic carbocycles. The molecule has 0 unspecified atom stereocenters. The van der Waals surface area contributed by atoms with Crippen molar-refractivity contribution < 1.29 is 18.3 Å². The number of carbonyl (C=O) groups is 1. The lowest BCUT2D eigenvalue weighted by Crippen LogP contribution is -2.00. The van der Waals surface area contributed by atoms with Crippen molar-refractivity contribution >= 4 is 5.97 Å². The molecular formula is C11H8FNO3. The number of hydrogen-bond donors (Lipinski definition) is 0. The highest BCUT2D eigenvalue weighted by Gasteiger charge is 2.15. The van der Waals surface area contributed by atoms with Gasteiger partial charge in [-0.15, -0.1) is 0 Å². The Morgan fingerprint density at radius 3 is 2.88 bits per heavy atom. The second kappa shape index (κ2) is 4.14. The lowest BCUT2D eigenvalue weighted by atomic mass is 10.2. The highest BCUT2D eigenvalue weighted by Crippen LogP contribution is 2.23. The van der Waals surface area contributed by atoms with Crippen LogP contribution in [-0.4, -0.2) is 18.1 Å². The monoisotopic (exact) mass is 221 g/mol. The average molecular weight is 221 g/mol. The van der Waals surface area contributed by atoms with Gasteiger partial charge in [0.1, 0.15) is 5.82 Å². The molecule has 5 heteroatoms. The van der Waals surface area contributed by atoms with Gasteiger partial charge in [-0.3, -0.25) is 0 Å². The van der Waals surface area contributed by atoms with Crippen LogP contribution in [0.2, 0.25) is 0 Å². The predicted molar refractivity (Wildman–Crippen MR) is 53.2 cm³/mol. The third kappa shape index (κ3) is 1.79. The van der Waals surface area contributed by atoms with Crippen molar-refractivity contribution in [2.75, 3.05) is 7.11 Å². The maximum Gasteiger partial charge on any atom is 0.394 e. The van der Waals surface area contributed by atoms with E-state index in [0.29, 0.717) is 0 Å². The Hall–Kier alpha value is -2.17. The fourth-order valence-corrected chi connectivity index (χ4v) is 1.24. The summed E-state index contributed by atoms with van der Waals surface area (Å²) in [5.74, 6) is -1.13. The Bertz CT molecular complexity index is 521. The molecule has 0 aliphatic heterocycles. The largest absolute Gasteiger partial charge is 0.462 e. The summed E-state index contributed by atoms with van der Waals surface area (Å²) in [4.78, 5) is 14.8. The molecule has 1 aromatic heterocycles. The van der Waals surface area contributed by atoms with E-state index in [4.69, 9.17) is 4.42 Å². The van der Waals surface area contributed by atoms with Crippen molar-refractivity contribution in [1.29, 1.82) is 0 Å². The minimum atomic E-state index is -0.692. The van der Waals surface area contributed by atoms with Crippen molar-refractivity contribution in [3.8, 4) is 11.3 Å². The van der Waals surface area contributed by atoms with E-state index in [1.807, 2.05) is 0 Å². The highest BCUT2D eigenvalue weighted by atomic mass is 19.1. The van der Waals surface area contributed by atoms with Crippen LogP contribution in [0.1, 0.15) is 10.7 Å². The van der Waals surface area contributed by atoms with Gasteiger partial charge < -0.3 is 9.15 Å². The summed E-state index contributed by atoms with van der Waals surface area (Å²) in [6.45, 7) is 0. The maximum absolute atomic E-state index is 13.4. The summed E-state index contributed by atoms with van der Waals surface area (Å²) >= 11 is 0.